The number of benzene rings is 1. The van der Waals surface area contributed by atoms with Gasteiger partial charge in [-0.1, -0.05) is 17.7 Å². The highest BCUT2D eigenvalue weighted by molar-refractivity contribution is 6.32. The smallest absolute Gasteiger partial charge is 0.203 e. The molecule has 0 radical (unpaired) electrons. The quantitative estimate of drug-likeness (QED) is 0.741. The van der Waals surface area contributed by atoms with Gasteiger partial charge in [-0.15, -0.1) is 10.2 Å². The molecular formula is C20H20ClN3O2. The van der Waals surface area contributed by atoms with Gasteiger partial charge in [0.2, 0.25) is 5.65 Å². The maximum absolute atomic E-state index is 10.6. The SMILES string of the molecule is Cc1ccc(Cl)c(Oc2cccn3c(C45CCC(O)(CC4)C5)nnc23)c1. The molecule has 3 aromatic rings. The van der Waals surface area contributed by atoms with Gasteiger partial charge in [0.15, 0.2) is 5.75 Å². The third-order valence-corrected chi connectivity index (χ3v) is 6.30. The Morgan fingerprint density at radius 2 is 1.92 bits per heavy atom. The molecule has 0 unspecified atom stereocenters. The van der Waals surface area contributed by atoms with Crippen molar-refractivity contribution in [1.82, 2.24) is 14.6 Å². The summed E-state index contributed by atoms with van der Waals surface area (Å²) < 4.78 is 8.08. The summed E-state index contributed by atoms with van der Waals surface area (Å²) in [7, 11) is 0. The number of hydrogen-bond acceptors (Lipinski definition) is 4. The monoisotopic (exact) mass is 369 g/mol. The second-order valence-electron chi connectivity index (χ2n) is 7.81. The summed E-state index contributed by atoms with van der Waals surface area (Å²) in [6.45, 7) is 2.00. The van der Waals surface area contributed by atoms with E-state index in [1.807, 2.05) is 47.9 Å². The van der Waals surface area contributed by atoms with E-state index in [1.165, 1.54) is 0 Å². The standard InChI is InChI=1S/C20H20ClN3O2/c1-13-4-5-14(21)16(11-13)26-15-3-2-10-24-17(15)22-23-18(24)19-6-8-20(25,12-19)9-7-19/h2-5,10-11,25H,6-9,12H2,1H3. The van der Waals surface area contributed by atoms with Gasteiger partial charge >= 0.3 is 0 Å². The fourth-order valence-electron chi connectivity index (χ4n) is 4.62. The van der Waals surface area contributed by atoms with E-state index in [1.54, 1.807) is 0 Å². The van der Waals surface area contributed by atoms with Crippen molar-refractivity contribution in [2.24, 2.45) is 0 Å². The minimum atomic E-state index is -0.519. The molecule has 6 heteroatoms. The normalized spacial score (nSPS) is 27.3. The summed E-state index contributed by atoms with van der Waals surface area (Å²) in [5.74, 6) is 2.17. The van der Waals surface area contributed by atoms with E-state index in [4.69, 9.17) is 16.3 Å². The molecule has 5 nitrogen and oxygen atoms in total. The molecule has 2 bridgehead atoms. The van der Waals surface area contributed by atoms with Crippen LogP contribution in [0.1, 0.15) is 43.5 Å². The van der Waals surface area contributed by atoms with Gasteiger partial charge in [-0.3, -0.25) is 4.40 Å². The highest BCUT2D eigenvalue weighted by atomic mass is 35.5. The van der Waals surface area contributed by atoms with Crippen molar-refractivity contribution in [3.05, 3.63) is 52.9 Å². The summed E-state index contributed by atoms with van der Waals surface area (Å²) >= 11 is 6.28. The highest BCUT2D eigenvalue weighted by Gasteiger charge is 2.56. The first-order chi connectivity index (χ1) is 12.5. The summed E-state index contributed by atoms with van der Waals surface area (Å²) in [6.07, 6.45) is 6.35. The second kappa shape index (κ2) is 5.44. The lowest BCUT2D eigenvalue weighted by atomic mass is 9.83. The Morgan fingerprint density at radius 3 is 2.65 bits per heavy atom. The zero-order chi connectivity index (χ0) is 17.9. The Balaban J connectivity index is 1.57. The van der Waals surface area contributed by atoms with Gasteiger partial charge in [-0.25, -0.2) is 0 Å². The van der Waals surface area contributed by atoms with E-state index < -0.39 is 5.60 Å². The number of aromatic nitrogens is 3. The summed E-state index contributed by atoms with van der Waals surface area (Å²) in [6, 6.07) is 9.51. The first-order valence-corrected chi connectivity index (χ1v) is 9.37. The Morgan fingerprint density at radius 1 is 1.12 bits per heavy atom. The minimum absolute atomic E-state index is 0.0756. The molecule has 0 aliphatic heterocycles. The maximum atomic E-state index is 10.6. The van der Waals surface area contributed by atoms with Crippen LogP contribution in [-0.4, -0.2) is 25.3 Å². The number of halogens is 1. The molecule has 1 aromatic carbocycles. The Hall–Kier alpha value is -2.11. The molecule has 2 saturated carbocycles. The Bertz CT molecular complexity index is 1010. The summed E-state index contributed by atoms with van der Waals surface area (Å²) in [5.41, 5.74) is 1.16. The highest BCUT2D eigenvalue weighted by Crippen LogP contribution is 2.57. The minimum Gasteiger partial charge on any atom is -0.452 e. The molecule has 2 heterocycles. The van der Waals surface area contributed by atoms with Crippen molar-refractivity contribution in [2.75, 3.05) is 0 Å². The predicted molar refractivity (Wildman–Crippen MR) is 99.0 cm³/mol. The first-order valence-electron chi connectivity index (χ1n) is 8.99. The lowest BCUT2D eigenvalue weighted by molar-refractivity contribution is 0.0521. The van der Waals surface area contributed by atoms with Crippen molar-refractivity contribution in [2.45, 2.75) is 50.0 Å². The Kier molecular flexibility index (Phi) is 3.37. The summed E-state index contributed by atoms with van der Waals surface area (Å²) in [5, 5.41) is 20.1. The van der Waals surface area contributed by atoms with Crippen LogP contribution in [0.2, 0.25) is 5.02 Å². The Labute approximate surface area is 156 Å². The number of hydrogen-bond donors (Lipinski definition) is 1. The van der Waals surface area contributed by atoms with Crippen LogP contribution >= 0.6 is 11.6 Å². The van der Waals surface area contributed by atoms with E-state index >= 15 is 0 Å². The van der Waals surface area contributed by atoms with Crippen LogP contribution in [0.3, 0.4) is 0 Å². The number of fused-ring (bicyclic) bond motifs is 3. The predicted octanol–water partition coefficient (Wildman–Crippen LogP) is 4.43. The van der Waals surface area contributed by atoms with Crippen LogP contribution in [-0.2, 0) is 5.41 Å². The van der Waals surface area contributed by atoms with Crippen LogP contribution in [0, 0.1) is 6.92 Å². The molecular weight excluding hydrogens is 350 g/mol. The molecule has 5 rings (SSSR count). The zero-order valence-electron chi connectivity index (χ0n) is 14.6. The zero-order valence-corrected chi connectivity index (χ0v) is 15.3. The van der Waals surface area contributed by atoms with Gasteiger partial charge in [-0.2, -0.15) is 0 Å². The largest absolute Gasteiger partial charge is 0.452 e. The fourth-order valence-corrected chi connectivity index (χ4v) is 4.78. The van der Waals surface area contributed by atoms with Crippen molar-refractivity contribution in [3.63, 3.8) is 0 Å². The van der Waals surface area contributed by atoms with Gasteiger partial charge in [0.25, 0.3) is 0 Å². The van der Waals surface area contributed by atoms with Crippen LogP contribution in [0.25, 0.3) is 5.65 Å². The van der Waals surface area contributed by atoms with Gasteiger partial charge in [0.1, 0.15) is 11.6 Å². The van der Waals surface area contributed by atoms with Crippen molar-refractivity contribution in [3.8, 4) is 11.5 Å². The lowest BCUT2D eigenvalue weighted by Crippen LogP contribution is -2.23. The van der Waals surface area contributed by atoms with Gasteiger partial charge < -0.3 is 9.84 Å². The molecule has 2 fully saturated rings. The molecule has 0 amide bonds. The molecule has 2 aromatic heterocycles. The van der Waals surface area contributed by atoms with E-state index in [0.29, 0.717) is 22.2 Å². The number of ether oxygens (including phenoxy) is 1. The fraction of sp³-hybridized carbons (Fsp3) is 0.400. The first kappa shape index (κ1) is 16.1. The number of nitrogens with zero attached hydrogens (tertiary/aromatic N) is 3. The van der Waals surface area contributed by atoms with E-state index in [-0.39, 0.29) is 5.41 Å². The van der Waals surface area contributed by atoms with Crippen molar-refractivity contribution < 1.29 is 9.84 Å². The van der Waals surface area contributed by atoms with Gasteiger partial charge in [0.05, 0.1) is 10.6 Å². The van der Waals surface area contributed by atoms with Gasteiger partial charge in [-0.05, 0) is 68.9 Å². The van der Waals surface area contributed by atoms with E-state index in [2.05, 4.69) is 10.2 Å². The maximum Gasteiger partial charge on any atom is 0.203 e. The van der Waals surface area contributed by atoms with Gasteiger partial charge in [0, 0.05) is 11.6 Å². The molecule has 2 aliphatic rings. The average molecular weight is 370 g/mol. The topological polar surface area (TPSA) is 59.7 Å². The van der Waals surface area contributed by atoms with Crippen molar-refractivity contribution >= 4 is 17.2 Å². The third-order valence-electron chi connectivity index (χ3n) is 5.99. The van der Waals surface area contributed by atoms with Crippen LogP contribution in [0.5, 0.6) is 11.5 Å². The van der Waals surface area contributed by atoms with E-state index in [0.717, 1.165) is 43.5 Å². The molecule has 134 valence electrons. The number of aliphatic hydroxyl groups is 1. The molecule has 1 N–H and O–H groups in total. The molecule has 0 saturated heterocycles. The average Bonchev–Trinajstić information content (AvgIpc) is 3.29. The van der Waals surface area contributed by atoms with Crippen molar-refractivity contribution in [1.29, 1.82) is 0 Å². The van der Waals surface area contributed by atoms with Crippen LogP contribution in [0.4, 0.5) is 0 Å². The number of pyridine rings is 1. The second-order valence-corrected chi connectivity index (χ2v) is 8.21. The third kappa shape index (κ3) is 2.34. The van der Waals surface area contributed by atoms with Crippen LogP contribution in [0.15, 0.2) is 36.5 Å². The lowest BCUT2D eigenvalue weighted by Gasteiger charge is -2.24. The molecule has 0 spiro atoms. The molecule has 2 aliphatic carbocycles. The number of aryl methyl sites for hydroxylation is 1. The molecule has 0 atom stereocenters. The number of rotatable bonds is 3. The summed E-state index contributed by atoms with van der Waals surface area (Å²) in [4.78, 5) is 0. The molecule has 26 heavy (non-hydrogen) atoms. The van der Waals surface area contributed by atoms with E-state index in [9.17, 15) is 5.11 Å². The van der Waals surface area contributed by atoms with Crippen LogP contribution < -0.4 is 4.74 Å².